The largest absolute Gasteiger partial charge is 0.508 e. The topological polar surface area (TPSA) is 61.8 Å². The Morgan fingerprint density at radius 1 is 1.41 bits per heavy atom. The van der Waals surface area contributed by atoms with Crippen LogP contribution in [-0.2, 0) is 11.3 Å². The van der Waals surface area contributed by atoms with E-state index in [-0.39, 0.29) is 12.1 Å². The first kappa shape index (κ1) is 16.6. The van der Waals surface area contributed by atoms with E-state index < -0.39 is 0 Å². The summed E-state index contributed by atoms with van der Waals surface area (Å²) in [6.07, 6.45) is 1.65. The SMILES string of the molecule is CCOC(=O)N[C@H]1CCCN(Cc2cc(C)c(C)cc2O)C1. The van der Waals surface area contributed by atoms with Crippen LogP contribution in [0.3, 0.4) is 0 Å². The molecule has 122 valence electrons. The van der Waals surface area contributed by atoms with Crippen molar-refractivity contribution >= 4 is 6.09 Å². The number of phenols is 1. The summed E-state index contributed by atoms with van der Waals surface area (Å²) in [6.45, 7) is 8.71. The third-order valence-corrected chi connectivity index (χ3v) is 4.19. The van der Waals surface area contributed by atoms with E-state index in [1.165, 1.54) is 5.56 Å². The summed E-state index contributed by atoms with van der Waals surface area (Å²) >= 11 is 0. The van der Waals surface area contributed by atoms with E-state index in [4.69, 9.17) is 4.74 Å². The number of ether oxygens (including phenoxy) is 1. The van der Waals surface area contributed by atoms with Crippen LogP contribution in [0.2, 0.25) is 0 Å². The Morgan fingerprint density at radius 3 is 2.86 bits per heavy atom. The maximum absolute atomic E-state index is 11.5. The van der Waals surface area contributed by atoms with Gasteiger partial charge < -0.3 is 15.2 Å². The molecule has 0 radical (unpaired) electrons. The van der Waals surface area contributed by atoms with Crippen LogP contribution in [0.5, 0.6) is 5.75 Å². The predicted molar refractivity (Wildman–Crippen MR) is 86.0 cm³/mol. The summed E-state index contributed by atoms with van der Waals surface area (Å²) in [5, 5.41) is 13.0. The molecule has 2 rings (SSSR count). The van der Waals surface area contributed by atoms with Gasteiger partial charge in [-0.05, 0) is 57.4 Å². The molecular weight excluding hydrogens is 280 g/mol. The van der Waals surface area contributed by atoms with Gasteiger partial charge in [-0.15, -0.1) is 0 Å². The molecule has 22 heavy (non-hydrogen) atoms. The van der Waals surface area contributed by atoms with Crippen LogP contribution in [-0.4, -0.2) is 41.8 Å². The molecule has 0 bridgehead atoms. The zero-order valence-corrected chi connectivity index (χ0v) is 13.7. The minimum atomic E-state index is -0.344. The van der Waals surface area contributed by atoms with Crippen LogP contribution in [0.4, 0.5) is 4.79 Å². The number of hydrogen-bond acceptors (Lipinski definition) is 4. The van der Waals surface area contributed by atoms with Gasteiger partial charge in [-0.2, -0.15) is 0 Å². The smallest absolute Gasteiger partial charge is 0.407 e. The van der Waals surface area contributed by atoms with Gasteiger partial charge >= 0.3 is 6.09 Å². The molecule has 1 aliphatic rings. The molecule has 5 heteroatoms. The van der Waals surface area contributed by atoms with E-state index >= 15 is 0 Å². The van der Waals surface area contributed by atoms with E-state index in [2.05, 4.69) is 17.1 Å². The number of aryl methyl sites for hydroxylation is 2. The molecule has 0 aliphatic carbocycles. The lowest BCUT2D eigenvalue weighted by molar-refractivity contribution is 0.132. The van der Waals surface area contributed by atoms with Crippen molar-refractivity contribution in [3.8, 4) is 5.75 Å². The lowest BCUT2D eigenvalue weighted by Crippen LogP contribution is -2.47. The number of piperidine rings is 1. The second kappa shape index (κ2) is 7.49. The van der Waals surface area contributed by atoms with Crippen molar-refractivity contribution in [3.05, 3.63) is 28.8 Å². The van der Waals surface area contributed by atoms with Gasteiger partial charge in [0, 0.05) is 24.7 Å². The highest BCUT2D eigenvalue weighted by atomic mass is 16.5. The fourth-order valence-electron chi connectivity index (χ4n) is 2.88. The van der Waals surface area contributed by atoms with E-state index in [1.807, 2.05) is 19.1 Å². The van der Waals surface area contributed by atoms with E-state index in [0.29, 0.717) is 18.9 Å². The Kier molecular flexibility index (Phi) is 5.66. The molecule has 1 saturated heterocycles. The molecule has 1 aromatic rings. The highest BCUT2D eigenvalue weighted by Gasteiger charge is 2.22. The monoisotopic (exact) mass is 306 g/mol. The summed E-state index contributed by atoms with van der Waals surface area (Å²) in [7, 11) is 0. The van der Waals surface area contributed by atoms with Gasteiger partial charge in [-0.1, -0.05) is 6.07 Å². The van der Waals surface area contributed by atoms with E-state index in [9.17, 15) is 9.90 Å². The van der Waals surface area contributed by atoms with Crippen LogP contribution in [0.1, 0.15) is 36.5 Å². The molecule has 2 N–H and O–H groups in total. The lowest BCUT2D eigenvalue weighted by Gasteiger charge is -2.33. The third-order valence-electron chi connectivity index (χ3n) is 4.19. The van der Waals surface area contributed by atoms with Gasteiger partial charge in [0.05, 0.1) is 6.61 Å². The first-order chi connectivity index (χ1) is 10.5. The minimum Gasteiger partial charge on any atom is -0.508 e. The molecule has 0 spiro atoms. The number of benzene rings is 1. The summed E-state index contributed by atoms with van der Waals surface area (Å²) < 4.78 is 4.94. The fraction of sp³-hybridized carbons (Fsp3) is 0.588. The summed E-state index contributed by atoms with van der Waals surface area (Å²) in [6, 6.07) is 3.98. The molecule has 1 aromatic carbocycles. The van der Waals surface area contributed by atoms with Crippen molar-refractivity contribution in [2.24, 2.45) is 0 Å². The van der Waals surface area contributed by atoms with Gasteiger partial charge in [-0.25, -0.2) is 4.79 Å². The Balaban J connectivity index is 1.95. The highest BCUT2D eigenvalue weighted by molar-refractivity contribution is 5.67. The number of aromatic hydroxyl groups is 1. The van der Waals surface area contributed by atoms with E-state index in [1.54, 1.807) is 6.92 Å². The molecule has 0 saturated carbocycles. The van der Waals surface area contributed by atoms with Crippen LogP contribution < -0.4 is 5.32 Å². The molecular formula is C17H26N2O3. The summed E-state index contributed by atoms with van der Waals surface area (Å²) in [5.74, 6) is 0.351. The average Bonchev–Trinajstić information content (AvgIpc) is 2.45. The van der Waals surface area contributed by atoms with Crippen molar-refractivity contribution in [2.75, 3.05) is 19.7 Å². The number of carbonyl (C=O) groups excluding carboxylic acids is 1. The highest BCUT2D eigenvalue weighted by Crippen LogP contribution is 2.24. The molecule has 1 amide bonds. The number of phenolic OH excluding ortho intramolecular Hbond substituents is 1. The van der Waals surface area contributed by atoms with Crippen molar-refractivity contribution in [3.63, 3.8) is 0 Å². The number of amides is 1. The Hall–Kier alpha value is -1.75. The zero-order valence-electron chi connectivity index (χ0n) is 13.7. The average molecular weight is 306 g/mol. The van der Waals surface area contributed by atoms with E-state index in [0.717, 1.165) is 37.1 Å². The van der Waals surface area contributed by atoms with Gasteiger partial charge in [0.15, 0.2) is 0 Å². The first-order valence-corrected chi connectivity index (χ1v) is 7.94. The van der Waals surface area contributed by atoms with Gasteiger partial charge in [0.25, 0.3) is 0 Å². The quantitative estimate of drug-likeness (QED) is 0.898. The molecule has 0 aromatic heterocycles. The minimum absolute atomic E-state index is 0.112. The van der Waals surface area contributed by atoms with Crippen LogP contribution in [0, 0.1) is 13.8 Å². The van der Waals surface area contributed by atoms with Crippen LogP contribution in [0.15, 0.2) is 12.1 Å². The van der Waals surface area contributed by atoms with Crippen molar-refractivity contribution in [1.29, 1.82) is 0 Å². The number of nitrogens with zero attached hydrogens (tertiary/aromatic N) is 1. The molecule has 1 aliphatic heterocycles. The van der Waals surface area contributed by atoms with Crippen molar-refractivity contribution < 1.29 is 14.6 Å². The van der Waals surface area contributed by atoms with Crippen LogP contribution >= 0.6 is 0 Å². The maximum Gasteiger partial charge on any atom is 0.407 e. The number of likely N-dealkylation sites (tertiary alicyclic amines) is 1. The number of nitrogens with one attached hydrogen (secondary N) is 1. The molecule has 5 nitrogen and oxygen atoms in total. The molecule has 1 atom stereocenters. The lowest BCUT2D eigenvalue weighted by atomic mass is 10.0. The van der Waals surface area contributed by atoms with Gasteiger partial charge in [0.2, 0.25) is 0 Å². The molecule has 1 fully saturated rings. The Labute approximate surface area is 132 Å². The number of alkyl carbamates (subject to hydrolysis) is 1. The second-order valence-electron chi connectivity index (χ2n) is 6.00. The third kappa shape index (κ3) is 4.37. The summed E-state index contributed by atoms with van der Waals surface area (Å²) in [4.78, 5) is 13.8. The molecule has 0 unspecified atom stereocenters. The molecule has 1 heterocycles. The normalized spacial score (nSPS) is 19.0. The number of rotatable bonds is 4. The fourth-order valence-corrected chi connectivity index (χ4v) is 2.88. The Bertz CT molecular complexity index is 531. The Morgan fingerprint density at radius 2 is 2.14 bits per heavy atom. The van der Waals surface area contributed by atoms with Gasteiger partial charge in [0.1, 0.15) is 5.75 Å². The standard InChI is InChI=1S/C17H26N2O3/c1-4-22-17(21)18-15-6-5-7-19(11-15)10-14-8-12(2)13(3)9-16(14)20/h8-9,15,20H,4-7,10-11H2,1-3H3,(H,18,21)/t15-/m0/s1. The zero-order chi connectivity index (χ0) is 16.1. The summed E-state index contributed by atoms with van der Waals surface area (Å²) in [5.41, 5.74) is 3.23. The predicted octanol–water partition coefficient (Wildman–Crippen LogP) is 2.72. The number of hydrogen-bond donors (Lipinski definition) is 2. The number of carbonyl (C=O) groups is 1. The van der Waals surface area contributed by atoms with Crippen molar-refractivity contribution in [1.82, 2.24) is 10.2 Å². The van der Waals surface area contributed by atoms with Gasteiger partial charge in [-0.3, -0.25) is 4.90 Å². The first-order valence-electron chi connectivity index (χ1n) is 7.94. The second-order valence-corrected chi connectivity index (χ2v) is 6.00. The van der Waals surface area contributed by atoms with Crippen LogP contribution in [0.25, 0.3) is 0 Å². The maximum atomic E-state index is 11.5. The van der Waals surface area contributed by atoms with Crippen molar-refractivity contribution in [2.45, 2.75) is 46.2 Å².